The van der Waals surface area contributed by atoms with E-state index in [4.69, 9.17) is 5.73 Å². The molecule has 116 valence electrons. The van der Waals surface area contributed by atoms with Gasteiger partial charge in [0, 0.05) is 29.9 Å². The quantitative estimate of drug-likeness (QED) is 0.809. The van der Waals surface area contributed by atoms with Crippen molar-refractivity contribution < 1.29 is 4.79 Å². The minimum atomic E-state index is -0.517. The lowest BCUT2D eigenvalue weighted by molar-refractivity contribution is 0.172. The highest BCUT2D eigenvalue weighted by molar-refractivity contribution is 5.90. The van der Waals surface area contributed by atoms with Crippen molar-refractivity contribution in [1.82, 2.24) is 14.5 Å². The number of benzene rings is 1. The van der Waals surface area contributed by atoms with Crippen LogP contribution < -0.4 is 5.73 Å². The maximum absolute atomic E-state index is 11.4. The van der Waals surface area contributed by atoms with Gasteiger partial charge in [0.2, 0.25) is 0 Å². The van der Waals surface area contributed by atoms with Crippen LogP contribution in [0.15, 0.2) is 48.8 Å². The Balaban J connectivity index is 1.68. The first-order valence-electron chi connectivity index (χ1n) is 7.79. The van der Waals surface area contributed by atoms with Gasteiger partial charge in [0.15, 0.2) is 0 Å². The zero-order chi connectivity index (χ0) is 15.8. The Labute approximate surface area is 134 Å². The second-order valence-electron chi connectivity index (χ2n) is 5.99. The summed E-state index contributed by atoms with van der Waals surface area (Å²) in [7, 11) is 0. The largest absolute Gasteiger partial charge is 0.351 e. The van der Waals surface area contributed by atoms with Gasteiger partial charge in [-0.3, -0.25) is 9.47 Å². The lowest BCUT2D eigenvalue weighted by Crippen LogP contribution is -2.36. The summed E-state index contributed by atoms with van der Waals surface area (Å²) in [6, 6.07) is 11.9. The maximum Gasteiger partial charge on any atom is 0.324 e. The van der Waals surface area contributed by atoms with Crippen LogP contribution in [0, 0.1) is 0 Å². The second kappa shape index (κ2) is 5.52. The van der Waals surface area contributed by atoms with Crippen LogP contribution in [0.5, 0.6) is 0 Å². The van der Waals surface area contributed by atoms with Crippen molar-refractivity contribution in [3.05, 3.63) is 54.4 Å². The molecular weight excluding hydrogens is 288 g/mol. The zero-order valence-corrected chi connectivity index (χ0v) is 12.8. The molecule has 0 aliphatic carbocycles. The number of carbonyl (C=O) groups is 1. The predicted molar refractivity (Wildman–Crippen MR) is 90.0 cm³/mol. The van der Waals surface area contributed by atoms with Crippen LogP contribution in [0.3, 0.4) is 0 Å². The molecule has 1 amide bonds. The summed E-state index contributed by atoms with van der Waals surface area (Å²) in [6.45, 7) is 3.39. The van der Waals surface area contributed by atoms with Crippen LogP contribution in [-0.4, -0.2) is 33.6 Å². The molecule has 0 unspecified atom stereocenters. The normalized spacial score (nSPS) is 14.8. The van der Waals surface area contributed by atoms with Gasteiger partial charge in [-0.2, -0.15) is 0 Å². The molecular formula is C18H18N4O. The highest BCUT2D eigenvalue weighted by Crippen LogP contribution is 2.25. The number of primary amides is 1. The van der Waals surface area contributed by atoms with Crippen LogP contribution in [0.2, 0.25) is 0 Å². The number of likely N-dealkylation sites (tertiary alicyclic amines) is 1. The molecule has 3 heterocycles. The molecule has 1 aliphatic heterocycles. The molecule has 0 radical (unpaired) electrons. The number of carbonyl (C=O) groups excluding carboxylic acids is 1. The van der Waals surface area contributed by atoms with Crippen molar-refractivity contribution in [1.29, 1.82) is 0 Å². The summed E-state index contributed by atoms with van der Waals surface area (Å²) >= 11 is 0. The fraction of sp³-hybridized carbons (Fsp3) is 0.222. The van der Waals surface area contributed by atoms with E-state index in [1.54, 1.807) is 12.4 Å². The molecule has 1 saturated heterocycles. The fourth-order valence-electron chi connectivity index (χ4n) is 3.01. The van der Waals surface area contributed by atoms with Gasteiger partial charge in [0.05, 0.1) is 0 Å². The van der Waals surface area contributed by atoms with E-state index in [1.807, 2.05) is 12.1 Å². The number of rotatable bonds is 3. The molecule has 5 heteroatoms. The van der Waals surface area contributed by atoms with Crippen LogP contribution >= 0.6 is 0 Å². The lowest BCUT2D eigenvalue weighted by atomic mass is 10.0. The summed E-state index contributed by atoms with van der Waals surface area (Å²) in [5, 5.41) is 0.912. The number of nitrogens with two attached hydrogens (primary N) is 1. The van der Waals surface area contributed by atoms with Crippen molar-refractivity contribution >= 4 is 17.1 Å². The Hall–Kier alpha value is -2.66. The predicted octanol–water partition coefficient (Wildman–Crippen LogP) is 2.84. The second-order valence-corrected chi connectivity index (χ2v) is 5.99. The summed E-state index contributed by atoms with van der Waals surface area (Å²) in [5.74, 6) is 0. The van der Waals surface area contributed by atoms with Crippen molar-refractivity contribution in [2.45, 2.75) is 13.0 Å². The third-order valence-electron chi connectivity index (χ3n) is 4.38. The summed E-state index contributed by atoms with van der Waals surface area (Å²) < 4.78 is 1.36. The third kappa shape index (κ3) is 2.59. The smallest absolute Gasteiger partial charge is 0.324 e. The van der Waals surface area contributed by atoms with Crippen molar-refractivity contribution in [2.24, 2.45) is 5.73 Å². The van der Waals surface area contributed by atoms with E-state index in [9.17, 15) is 4.79 Å². The molecule has 0 atom stereocenters. The minimum Gasteiger partial charge on any atom is -0.351 e. The molecule has 1 fully saturated rings. The molecule has 4 rings (SSSR count). The van der Waals surface area contributed by atoms with Gasteiger partial charge in [0.25, 0.3) is 0 Å². The van der Waals surface area contributed by atoms with Crippen molar-refractivity contribution in [2.75, 3.05) is 13.1 Å². The van der Waals surface area contributed by atoms with E-state index in [-0.39, 0.29) is 0 Å². The molecule has 2 N–H and O–H groups in total. The minimum absolute atomic E-state index is 0.517. The van der Waals surface area contributed by atoms with Gasteiger partial charge in [-0.15, -0.1) is 0 Å². The van der Waals surface area contributed by atoms with Gasteiger partial charge in [-0.1, -0.05) is 18.2 Å². The Morgan fingerprint density at radius 1 is 1.17 bits per heavy atom. The number of hydrogen-bond acceptors (Lipinski definition) is 3. The van der Waals surface area contributed by atoms with E-state index >= 15 is 0 Å². The van der Waals surface area contributed by atoms with Crippen molar-refractivity contribution in [3.8, 4) is 11.1 Å². The topological polar surface area (TPSA) is 64.2 Å². The lowest BCUT2D eigenvalue weighted by Gasteiger charge is -2.30. The van der Waals surface area contributed by atoms with Crippen LogP contribution in [0.1, 0.15) is 12.0 Å². The van der Waals surface area contributed by atoms with E-state index in [1.165, 1.54) is 29.6 Å². The third-order valence-corrected chi connectivity index (χ3v) is 4.38. The number of amides is 1. The van der Waals surface area contributed by atoms with Gasteiger partial charge < -0.3 is 5.73 Å². The Bertz CT molecular complexity index is 880. The van der Waals surface area contributed by atoms with Crippen LogP contribution in [0.25, 0.3) is 22.2 Å². The number of nitrogens with zero attached hydrogens (tertiary/aromatic N) is 3. The van der Waals surface area contributed by atoms with E-state index in [2.05, 4.69) is 34.1 Å². The first-order valence-corrected chi connectivity index (χ1v) is 7.79. The van der Waals surface area contributed by atoms with E-state index in [0.29, 0.717) is 5.65 Å². The summed E-state index contributed by atoms with van der Waals surface area (Å²) in [5.41, 5.74) is 9.44. The average Bonchev–Trinajstić information content (AvgIpc) is 2.94. The average molecular weight is 306 g/mol. The maximum atomic E-state index is 11.4. The molecule has 0 saturated carbocycles. The molecule has 0 bridgehead atoms. The first kappa shape index (κ1) is 14.0. The molecule has 3 aromatic rings. The van der Waals surface area contributed by atoms with Gasteiger partial charge in [-0.25, -0.2) is 9.78 Å². The molecule has 0 spiro atoms. The van der Waals surface area contributed by atoms with Crippen LogP contribution in [-0.2, 0) is 6.54 Å². The van der Waals surface area contributed by atoms with E-state index < -0.39 is 6.03 Å². The molecule has 1 aliphatic rings. The van der Waals surface area contributed by atoms with Gasteiger partial charge >= 0.3 is 6.03 Å². The SMILES string of the molecule is NC(=O)n1ccc2cc(-c3cccc(CN4CCC4)c3)cnc21. The Morgan fingerprint density at radius 2 is 2.04 bits per heavy atom. The highest BCUT2D eigenvalue weighted by Gasteiger charge is 2.14. The highest BCUT2D eigenvalue weighted by atomic mass is 16.2. The monoisotopic (exact) mass is 306 g/mol. The molecule has 23 heavy (non-hydrogen) atoms. The molecule has 5 nitrogen and oxygen atoms in total. The number of pyridine rings is 1. The van der Waals surface area contributed by atoms with Crippen LogP contribution in [0.4, 0.5) is 4.79 Å². The van der Waals surface area contributed by atoms with Gasteiger partial charge in [-0.05, 0) is 48.8 Å². The molecule has 1 aromatic carbocycles. The number of fused-ring (bicyclic) bond motifs is 1. The van der Waals surface area contributed by atoms with E-state index in [0.717, 1.165) is 23.1 Å². The first-order chi connectivity index (χ1) is 11.2. The summed E-state index contributed by atoms with van der Waals surface area (Å²) in [6.07, 6.45) is 4.76. The summed E-state index contributed by atoms with van der Waals surface area (Å²) in [4.78, 5) is 18.2. The zero-order valence-electron chi connectivity index (χ0n) is 12.8. The standard InChI is InChI=1S/C18H18N4O/c19-18(23)22-8-5-15-10-16(11-20-17(15)22)14-4-1-3-13(9-14)12-21-6-2-7-21/h1,3-5,8-11H,2,6-7,12H2,(H2,19,23). The fourth-order valence-corrected chi connectivity index (χ4v) is 3.01. The molecule has 2 aromatic heterocycles. The Morgan fingerprint density at radius 3 is 2.78 bits per heavy atom. The Kier molecular flexibility index (Phi) is 3.35. The number of hydrogen-bond donors (Lipinski definition) is 1. The van der Waals surface area contributed by atoms with Gasteiger partial charge in [0.1, 0.15) is 5.65 Å². The number of aromatic nitrogens is 2. The van der Waals surface area contributed by atoms with Crippen molar-refractivity contribution in [3.63, 3.8) is 0 Å².